The average molecular weight is 109 g/mol. The van der Waals surface area contributed by atoms with E-state index in [1.54, 1.807) is 18.4 Å². The van der Waals surface area contributed by atoms with Gasteiger partial charge in [0, 0.05) is 18.8 Å². The zero-order valence-electron chi connectivity index (χ0n) is 4.42. The fourth-order valence-corrected chi connectivity index (χ4v) is 0.508. The van der Waals surface area contributed by atoms with E-state index in [-0.39, 0.29) is 5.78 Å². The predicted molar refractivity (Wildman–Crippen MR) is 31.3 cm³/mol. The molecule has 0 bridgehead atoms. The minimum absolute atomic E-state index is 0.0509. The Balaban J connectivity index is 2.64. The van der Waals surface area contributed by atoms with Gasteiger partial charge in [0.25, 0.3) is 0 Å². The van der Waals surface area contributed by atoms with Gasteiger partial charge in [-0.25, -0.2) is 0 Å². The van der Waals surface area contributed by atoms with E-state index in [1.165, 1.54) is 6.08 Å². The molecule has 8 heavy (non-hydrogen) atoms. The molecule has 42 valence electrons. The van der Waals surface area contributed by atoms with Crippen LogP contribution in [0.4, 0.5) is 0 Å². The zero-order chi connectivity index (χ0) is 5.82. The standard InChI is InChI=1S/C6H7NO/c8-6-2-1-4-7-5-3-6/h1-3,5,7H,4H2. The minimum atomic E-state index is 0.0509. The van der Waals surface area contributed by atoms with E-state index in [0.717, 1.165) is 6.54 Å². The highest BCUT2D eigenvalue weighted by atomic mass is 16.1. The Bertz CT molecular complexity index is 131. The van der Waals surface area contributed by atoms with Crippen molar-refractivity contribution in [2.45, 2.75) is 0 Å². The molecule has 0 aromatic carbocycles. The zero-order valence-corrected chi connectivity index (χ0v) is 4.42. The molecule has 0 spiro atoms. The fourth-order valence-electron chi connectivity index (χ4n) is 0.508. The average Bonchev–Trinajstić information content (AvgIpc) is 1.94. The van der Waals surface area contributed by atoms with Crippen LogP contribution in [0.15, 0.2) is 24.4 Å². The molecule has 1 aliphatic rings. The second kappa shape index (κ2) is 2.31. The molecule has 2 nitrogen and oxygen atoms in total. The number of hydrogen-bond acceptors (Lipinski definition) is 2. The lowest BCUT2D eigenvalue weighted by Gasteiger charge is -1.85. The summed E-state index contributed by atoms with van der Waals surface area (Å²) in [6.45, 7) is 0.752. The molecule has 1 heterocycles. The van der Waals surface area contributed by atoms with Crippen LogP contribution in [0.25, 0.3) is 0 Å². The number of nitrogens with one attached hydrogen (secondary N) is 1. The highest BCUT2D eigenvalue weighted by Crippen LogP contribution is 1.82. The van der Waals surface area contributed by atoms with Crippen molar-refractivity contribution in [1.82, 2.24) is 5.32 Å². The van der Waals surface area contributed by atoms with Gasteiger partial charge in [0.2, 0.25) is 0 Å². The third-order valence-corrected chi connectivity index (χ3v) is 0.883. The Morgan fingerprint density at radius 2 is 2.38 bits per heavy atom. The molecule has 0 aromatic rings. The second-order valence-electron chi connectivity index (χ2n) is 1.55. The molecular formula is C6H7NO. The molecule has 1 rings (SSSR count). The summed E-state index contributed by atoms with van der Waals surface area (Å²) in [5.41, 5.74) is 0. The van der Waals surface area contributed by atoms with Crippen LogP contribution >= 0.6 is 0 Å². The van der Waals surface area contributed by atoms with Crippen molar-refractivity contribution in [3.8, 4) is 0 Å². The maximum atomic E-state index is 10.5. The molecule has 0 unspecified atom stereocenters. The Kier molecular flexibility index (Phi) is 1.47. The van der Waals surface area contributed by atoms with Crippen molar-refractivity contribution in [2.24, 2.45) is 0 Å². The number of hydrogen-bond donors (Lipinski definition) is 1. The van der Waals surface area contributed by atoms with Gasteiger partial charge in [0.15, 0.2) is 5.78 Å². The van der Waals surface area contributed by atoms with Crippen LogP contribution in [0.1, 0.15) is 0 Å². The summed E-state index contributed by atoms with van der Waals surface area (Å²) in [6.07, 6.45) is 6.50. The van der Waals surface area contributed by atoms with Gasteiger partial charge in [-0.2, -0.15) is 0 Å². The lowest BCUT2D eigenvalue weighted by molar-refractivity contribution is -0.110. The smallest absolute Gasteiger partial charge is 0.179 e. The van der Waals surface area contributed by atoms with E-state index in [2.05, 4.69) is 5.32 Å². The molecule has 0 amide bonds. The van der Waals surface area contributed by atoms with Gasteiger partial charge in [-0.15, -0.1) is 0 Å². The van der Waals surface area contributed by atoms with E-state index in [9.17, 15) is 4.79 Å². The summed E-state index contributed by atoms with van der Waals surface area (Å²) in [5.74, 6) is 0.0509. The molecule has 0 fully saturated rings. The molecule has 0 radical (unpaired) electrons. The maximum Gasteiger partial charge on any atom is 0.179 e. The molecular weight excluding hydrogens is 102 g/mol. The Morgan fingerprint density at radius 1 is 1.50 bits per heavy atom. The first-order chi connectivity index (χ1) is 3.89. The van der Waals surface area contributed by atoms with E-state index < -0.39 is 0 Å². The van der Waals surface area contributed by atoms with Crippen LogP contribution in [0.2, 0.25) is 0 Å². The molecule has 0 atom stereocenters. The number of ketones is 1. The predicted octanol–water partition coefficient (Wildman–Crippen LogP) is 0.229. The largest absolute Gasteiger partial charge is 0.387 e. The summed E-state index contributed by atoms with van der Waals surface area (Å²) >= 11 is 0. The van der Waals surface area contributed by atoms with E-state index in [0.29, 0.717) is 0 Å². The van der Waals surface area contributed by atoms with Gasteiger partial charge in [-0.1, -0.05) is 6.08 Å². The van der Waals surface area contributed by atoms with Crippen molar-refractivity contribution < 1.29 is 4.79 Å². The highest BCUT2D eigenvalue weighted by molar-refractivity contribution is 5.99. The van der Waals surface area contributed by atoms with Crippen molar-refractivity contribution >= 4 is 5.78 Å². The third kappa shape index (κ3) is 1.22. The van der Waals surface area contributed by atoms with Crippen LogP contribution in [0.3, 0.4) is 0 Å². The molecule has 2 heteroatoms. The first-order valence-corrected chi connectivity index (χ1v) is 2.50. The Hall–Kier alpha value is -1.05. The van der Waals surface area contributed by atoms with Crippen LogP contribution in [0, 0.1) is 0 Å². The molecule has 0 aromatic heterocycles. The topological polar surface area (TPSA) is 29.1 Å². The third-order valence-electron chi connectivity index (χ3n) is 0.883. The Morgan fingerprint density at radius 3 is 3.25 bits per heavy atom. The summed E-state index contributed by atoms with van der Waals surface area (Å²) in [4.78, 5) is 10.5. The second-order valence-corrected chi connectivity index (χ2v) is 1.55. The number of carbonyl (C=O) groups is 1. The number of carbonyl (C=O) groups excluding carboxylic acids is 1. The fraction of sp³-hybridized carbons (Fsp3) is 0.167. The quantitative estimate of drug-likeness (QED) is 0.482. The molecule has 0 aliphatic carbocycles. The molecule has 0 saturated heterocycles. The highest BCUT2D eigenvalue weighted by Gasteiger charge is 1.88. The van der Waals surface area contributed by atoms with E-state index >= 15 is 0 Å². The summed E-state index contributed by atoms with van der Waals surface area (Å²) in [5, 5.41) is 2.89. The van der Waals surface area contributed by atoms with Gasteiger partial charge >= 0.3 is 0 Å². The SMILES string of the molecule is O=C1C=CCNC=C1. The van der Waals surface area contributed by atoms with Gasteiger partial charge < -0.3 is 5.32 Å². The molecule has 1 aliphatic heterocycles. The Labute approximate surface area is 47.9 Å². The molecule has 1 N–H and O–H groups in total. The van der Waals surface area contributed by atoms with Gasteiger partial charge in [-0.3, -0.25) is 4.79 Å². The normalized spacial score (nSPS) is 17.8. The first-order valence-electron chi connectivity index (χ1n) is 2.50. The summed E-state index contributed by atoms with van der Waals surface area (Å²) in [6, 6.07) is 0. The first kappa shape index (κ1) is 5.09. The van der Waals surface area contributed by atoms with Crippen LogP contribution < -0.4 is 5.32 Å². The van der Waals surface area contributed by atoms with Crippen molar-refractivity contribution in [3.63, 3.8) is 0 Å². The van der Waals surface area contributed by atoms with Crippen molar-refractivity contribution in [3.05, 3.63) is 24.4 Å². The number of allylic oxidation sites excluding steroid dienone is 2. The van der Waals surface area contributed by atoms with Crippen LogP contribution in [-0.2, 0) is 4.79 Å². The minimum Gasteiger partial charge on any atom is -0.387 e. The van der Waals surface area contributed by atoms with Gasteiger partial charge in [0.1, 0.15) is 0 Å². The van der Waals surface area contributed by atoms with E-state index in [1.807, 2.05) is 0 Å². The van der Waals surface area contributed by atoms with Gasteiger partial charge in [0.05, 0.1) is 0 Å². The number of rotatable bonds is 0. The summed E-state index contributed by atoms with van der Waals surface area (Å²) in [7, 11) is 0. The lowest BCUT2D eigenvalue weighted by Crippen LogP contribution is -2.01. The molecule has 0 saturated carbocycles. The lowest BCUT2D eigenvalue weighted by atomic mass is 10.3. The van der Waals surface area contributed by atoms with Crippen molar-refractivity contribution in [1.29, 1.82) is 0 Å². The van der Waals surface area contributed by atoms with Gasteiger partial charge in [-0.05, 0) is 6.08 Å². The van der Waals surface area contributed by atoms with Crippen molar-refractivity contribution in [2.75, 3.05) is 6.54 Å². The van der Waals surface area contributed by atoms with E-state index in [4.69, 9.17) is 0 Å². The van der Waals surface area contributed by atoms with Crippen LogP contribution in [-0.4, -0.2) is 12.3 Å². The maximum absolute atomic E-state index is 10.5. The monoisotopic (exact) mass is 109 g/mol. The van der Waals surface area contributed by atoms with Crippen LogP contribution in [0.5, 0.6) is 0 Å². The summed E-state index contributed by atoms with van der Waals surface area (Å²) < 4.78 is 0.